The highest BCUT2D eigenvalue weighted by Gasteiger charge is 2.37. The van der Waals surface area contributed by atoms with Gasteiger partial charge in [-0.2, -0.15) is 18.3 Å². The molecule has 3 aromatic heterocycles. The molecule has 0 radical (unpaired) electrons. The smallest absolute Gasteiger partial charge is 0.423 e. The van der Waals surface area contributed by atoms with Gasteiger partial charge < -0.3 is 19.9 Å². The van der Waals surface area contributed by atoms with Crippen molar-refractivity contribution in [1.29, 1.82) is 0 Å². The highest BCUT2D eigenvalue weighted by Crippen LogP contribution is 2.32. The summed E-state index contributed by atoms with van der Waals surface area (Å²) in [6.45, 7) is 1.69. The van der Waals surface area contributed by atoms with Crippen LogP contribution in [0.3, 0.4) is 0 Å². The fraction of sp³-hybridized carbons (Fsp3) is 0.280. The predicted octanol–water partition coefficient (Wildman–Crippen LogP) is 3.31. The Kier molecular flexibility index (Phi) is 6.95. The number of carbonyl (C=O) groups is 1. The number of halogens is 4. The summed E-state index contributed by atoms with van der Waals surface area (Å²) < 4.78 is 61.4. The normalized spacial score (nSPS) is 13.9. The summed E-state index contributed by atoms with van der Waals surface area (Å²) in [5.74, 6) is -0.772. The number of amides is 1. The van der Waals surface area contributed by atoms with Crippen molar-refractivity contribution >= 4 is 28.2 Å². The van der Waals surface area contributed by atoms with Crippen LogP contribution < -0.4 is 26.5 Å². The van der Waals surface area contributed by atoms with Gasteiger partial charge in [-0.3, -0.25) is 14.4 Å². The van der Waals surface area contributed by atoms with Crippen LogP contribution in [0.5, 0.6) is 5.75 Å². The number of aromatic nitrogens is 5. The Morgan fingerprint density at radius 3 is 2.77 bits per heavy atom. The summed E-state index contributed by atoms with van der Waals surface area (Å²) in [4.78, 5) is 44.5. The lowest BCUT2D eigenvalue weighted by Gasteiger charge is -2.18. The van der Waals surface area contributed by atoms with E-state index in [2.05, 4.69) is 25.7 Å². The molecular weight excluding hydrogens is 538 g/mol. The standard InChI is InChI=1S/C25H21F4N7O4/c1-12(32-17-9-31-35-23(38)20(17)25(27,28)29)3-2-5-36-6-4-13-7-15(16(26)8-14(13)24(36)39)21-30-10-18-22(34-21)33-19(37)11-40-18/h4,6-10,12H,2-3,5,11H2,1H3,(H2,32,35,38)(H,30,33,34,37). The second-order valence-corrected chi connectivity index (χ2v) is 9.15. The number of hydrogen-bond acceptors (Lipinski definition) is 8. The van der Waals surface area contributed by atoms with Gasteiger partial charge in [0.15, 0.2) is 24.0 Å². The summed E-state index contributed by atoms with van der Waals surface area (Å²) >= 11 is 0. The van der Waals surface area contributed by atoms with Crippen molar-refractivity contribution in [2.24, 2.45) is 0 Å². The van der Waals surface area contributed by atoms with Crippen molar-refractivity contribution in [2.45, 2.75) is 38.5 Å². The maximum atomic E-state index is 15.1. The van der Waals surface area contributed by atoms with E-state index in [1.807, 2.05) is 0 Å². The van der Waals surface area contributed by atoms with Gasteiger partial charge in [0.25, 0.3) is 17.0 Å². The molecule has 1 unspecified atom stereocenters. The van der Waals surface area contributed by atoms with Crippen LogP contribution in [0.2, 0.25) is 0 Å². The molecule has 4 aromatic rings. The van der Waals surface area contributed by atoms with E-state index in [9.17, 15) is 27.6 Å². The van der Waals surface area contributed by atoms with Crippen LogP contribution >= 0.6 is 0 Å². The number of alkyl halides is 3. The van der Waals surface area contributed by atoms with Crippen LogP contribution in [0.1, 0.15) is 25.3 Å². The Morgan fingerprint density at radius 1 is 1.20 bits per heavy atom. The minimum absolute atomic E-state index is 0.00102. The fourth-order valence-electron chi connectivity index (χ4n) is 4.35. The Labute approximate surface area is 222 Å². The molecule has 0 saturated carbocycles. The molecule has 0 bridgehead atoms. The molecule has 0 spiro atoms. The topological polar surface area (TPSA) is 144 Å². The predicted molar refractivity (Wildman–Crippen MR) is 135 cm³/mol. The van der Waals surface area contributed by atoms with Gasteiger partial charge in [0.05, 0.1) is 29.0 Å². The van der Waals surface area contributed by atoms with Gasteiger partial charge >= 0.3 is 6.18 Å². The molecule has 1 aromatic carbocycles. The molecule has 4 heterocycles. The van der Waals surface area contributed by atoms with E-state index in [4.69, 9.17) is 4.74 Å². The maximum absolute atomic E-state index is 15.1. The number of nitrogens with zero attached hydrogens (tertiary/aromatic N) is 4. The van der Waals surface area contributed by atoms with Crippen molar-refractivity contribution < 1.29 is 27.1 Å². The number of nitrogens with one attached hydrogen (secondary N) is 3. The van der Waals surface area contributed by atoms with Gasteiger partial charge in [0.1, 0.15) is 11.4 Å². The average molecular weight is 559 g/mol. The van der Waals surface area contributed by atoms with Crippen LogP contribution in [0.25, 0.3) is 22.2 Å². The molecule has 3 N–H and O–H groups in total. The number of H-pyrrole nitrogens is 1. The minimum atomic E-state index is -4.86. The van der Waals surface area contributed by atoms with Crippen LogP contribution in [-0.2, 0) is 17.5 Å². The number of pyridine rings is 1. The molecule has 0 saturated heterocycles. The van der Waals surface area contributed by atoms with E-state index >= 15 is 4.39 Å². The van der Waals surface area contributed by atoms with Crippen molar-refractivity contribution in [3.63, 3.8) is 0 Å². The average Bonchev–Trinajstić information content (AvgIpc) is 2.89. The van der Waals surface area contributed by atoms with Crippen molar-refractivity contribution in [3.05, 3.63) is 68.9 Å². The molecule has 1 atom stereocenters. The van der Waals surface area contributed by atoms with E-state index in [0.29, 0.717) is 18.2 Å². The van der Waals surface area contributed by atoms with Crippen LogP contribution in [-0.4, -0.2) is 43.3 Å². The third-order valence-corrected chi connectivity index (χ3v) is 6.25. The van der Waals surface area contributed by atoms with Crippen LogP contribution in [0, 0.1) is 5.82 Å². The van der Waals surface area contributed by atoms with Crippen LogP contribution in [0.4, 0.5) is 29.1 Å². The molecule has 15 heteroatoms. The summed E-state index contributed by atoms with van der Waals surface area (Å²) in [5, 5.41) is 11.0. The highest BCUT2D eigenvalue weighted by atomic mass is 19.4. The van der Waals surface area contributed by atoms with Gasteiger partial charge in [-0.25, -0.2) is 19.5 Å². The zero-order valence-electron chi connectivity index (χ0n) is 20.8. The Hall–Kier alpha value is -4.82. The largest absolute Gasteiger partial charge is 0.478 e. The number of aromatic amines is 1. The number of anilines is 2. The fourth-order valence-corrected chi connectivity index (χ4v) is 4.35. The van der Waals surface area contributed by atoms with Crippen molar-refractivity contribution in [2.75, 3.05) is 17.2 Å². The van der Waals surface area contributed by atoms with Gasteiger partial charge in [-0.15, -0.1) is 0 Å². The van der Waals surface area contributed by atoms with Gasteiger partial charge in [-0.05, 0) is 43.4 Å². The Morgan fingerprint density at radius 2 is 2.00 bits per heavy atom. The summed E-state index contributed by atoms with van der Waals surface area (Å²) in [5.41, 5.74) is -3.56. The molecule has 0 aliphatic carbocycles. The van der Waals surface area contributed by atoms with Gasteiger partial charge in [-0.1, -0.05) is 0 Å². The minimum Gasteiger partial charge on any atom is -0.478 e. The first-order valence-corrected chi connectivity index (χ1v) is 12.1. The van der Waals surface area contributed by atoms with Crippen molar-refractivity contribution in [1.82, 2.24) is 24.7 Å². The number of rotatable bonds is 7. The number of ether oxygens (including phenoxy) is 1. The second kappa shape index (κ2) is 10.4. The SMILES string of the molecule is CC(CCCn1ccc2cc(-c3ncc4c(n3)NC(=O)CO4)c(F)cc2c1=O)Nc1cn[nH]c(=O)c1C(F)(F)F. The van der Waals surface area contributed by atoms with Gasteiger partial charge in [0, 0.05) is 18.8 Å². The van der Waals surface area contributed by atoms with E-state index in [0.717, 1.165) is 12.3 Å². The number of benzene rings is 1. The molecule has 5 rings (SSSR count). The molecule has 208 valence electrons. The third-order valence-electron chi connectivity index (χ3n) is 6.25. The van der Waals surface area contributed by atoms with Crippen LogP contribution in [0.15, 0.2) is 46.4 Å². The lowest BCUT2D eigenvalue weighted by atomic mass is 10.1. The van der Waals surface area contributed by atoms with E-state index < -0.39 is 46.3 Å². The number of carbonyl (C=O) groups excluding carboxylic acids is 1. The van der Waals surface area contributed by atoms with E-state index in [-0.39, 0.29) is 41.5 Å². The second-order valence-electron chi connectivity index (χ2n) is 9.15. The summed E-state index contributed by atoms with van der Waals surface area (Å²) in [6.07, 6.45) is -0.342. The lowest BCUT2D eigenvalue weighted by molar-refractivity contribution is -0.138. The summed E-state index contributed by atoms with van der Waals surface area (Å²) in [7, 11) is 0. The zero-order chi connectivity index (χ0) is 28.6. The molecule has 1 aliphatic heterocycles. The number of hydrogen-bond donors (Lipinski definition) is 3. The Bertz CT molecular complexity index is 1740. The third kappa shape index (κ3) is 5.34. The maximum Gasteiger partial charge on any atom is 0.423 e. The molecule has 1 amide bonds. The molecule has 11 nitrogen and oxygen atoms in total. The summed E-state index contributed by atoms with van der Waals surface area (Å²) in [6, 6.07) is 3.67. The zero-order valence-corrected chi connectivity index (χ0v) is 20.8. The molecule has 40 heavy (non-hydrogen) atoms. The molecule has 1 aliphatic rings. The first-order valence-electron chi connectivity index (χ1n) is 12.1. The first-order chi connectivity index (χ1) is 19.0. The number of aryl methyl sites for hydroxylation is 1. The Balaban J connectivity index is 1.30. The lowest BCUT2D eigenvalue weighted by Crippen LogP contribution is -2.27. The van der Waals surface area contributed by atoms with Crippen molar-refractivity contribution in [3.8, 4) is 17.1 Å². The van der Waals surface area contributed by atoms with E-state index in [1.54, 1.807) is 18.1 Å². The van der Waals surface area contributed by atoms with E-state index in [1.165, 1.54) is 23.0 Å². The molecular formula is C25H21F4N7O4. The number of fused-ring (bicyclic) bond motifs is 2. The quantitative estimate of drug-likeness (QED) is 0.293. The monoisotopic (exact) mass is 559 g/mol. The highest BCUT2D eigenvalue weighted by molar-refractivity contribution is 5.94. The van der Waals surface area contributed by atoms with Gasteiger partial charge in [0.2, 0.25) is 0 Å². The first kappa shape index (κ1) is 26.8. The molecule has 0 fully saturated rings.